The number of fused-ring (bicyclic) bond motifs is 3. The van der Waals surface area contributed by atoms with Crippen LogP contribution < -0.4 is 5.32 Å². The highest BCUT2D eigenvalue weighted by Gasteiger charge is 2.35. The van der Waals surface area contributed by atoms with E-state index < -0.39 is 9.84 Å². The molecule has 0 spiro atoms. The van der Waals surface area contributed by atoms with Crippen LogP contribution in [0.15, 0.2) is 29.2 Å². The van der Waals surface area contributed by atoms with Gasteiger partial charge in [0.2, 0.25) is 0 Å². The number of nitrogens with zero attached hydrogens (tertiary/aromatic N) is 1. The SMILES string of the molecule is CNCC1CCS(=O)(=O)c2c1n(C)c1ccccc21. The van der Waals surface area contributed by atoms with Crippen LogP contribution in [0.3, 0.4) is 0 Å². The van der Waals surface area contributed by atoms with Crippen LogP contribution in [0.25, 0.3) is 10.9 Å². The minimum atomic E-state index is -3.15. The van der Waals surface area contributed by atoms with Crippen LogP contribution in [-0.4, -0.2) is 32.3 Å². The molecule has 3 rings (SSSR count). The van der Waals surface area contributed by atoms with Crippen LogP contribution in [0, 0.1) is 0 Å². The minimum absolute atomic E-state index is 0.250. The summed E-state index contributed by atoms with van der Waals surface area (Å²) in [5, 5.41) is 4.03. The predicted octanol–water partition coefficient (Wildman–Crippen LogP) is 1.66. The Kier molecular flexibility index (Phi) is 2.91. The molecule has 1 aliphatic heterocycles. The van der Waals surface area contributed by atoms with Crippen molar-refractivity contribution in [3.8, 4) is 0 Å². The van der Waals surface area contributed by atoms with Crippen molar-refractivity contribution in [2.75, 3.05) is 19.3 Å². The predicted molar refractivity (Wildman–Crippen MR) is 76.3 cm³/mol. The van der Waals surface area contributed by atoms with Crippen molar-refractivity contribution in [3.63, 3.8) is 0 Å². The molecule has 1 atom stereocenters. The second kappa shape index (κ2) is 4.35. The lowest BCUT2D eigenvalue weighted by Crippen LogP contribution is -2.27. The summed E-state index contributed by atoms with van der Waals surface area (Å²) in [6.45, 7) is 0.812. The molecule has 0 amide bonds. The van der Waals surface area contributed by atoms with E-state index in [0.717, 1.165) is 23.1 Å². The number of rotatable bonds is 2. The summed E-state index contributed by atoms with van der Waals surface area (Å²) in [4.78, 5) is 0.553. The van der Waals surface area contributed by atoms with Gasteiger partial charge in [0.15, 0.2) is 9.84 Å². The van der Waals surface area contributed by atoms with Crippen molar-refractivity contribution < 1.29 is 8.42 Å². The Hall–Kier alpha value is -1.33. The molecule has 1 aliphatic rings. The molecule has 0 bridgehead atoms. The number of hydrogen-bond donors (Lipinski definition) is 1. The van der Waals surface area contributed by atoms with Crippen molar-refractivity contribution in [1.82, 2.24) is 9.88 Å². The smallest absolute Gasteiger partial charge is 0.180 e. The first kappa shape index (κ1) is 12.7. The molecular weight excluding hydrogens is 260 g/mol. The van der Waals surface area contributed by atoms with Gasteiger partial charge >= 0.3 is 0 Å². The molecule has 0 radical (unpaired) electrons. The summed E-state index contributed by atoms with van der Waals surface area (Å²) in [6, 6.07) is 7.75. The molecule has 1 aromatic carbocycles. The van der Waals surface area contributed by atoms with E-state index in [-0.39, 0.29) is 11.7 Å². The molecule has 2 aromatic rings. The lowest BCUT2D eigenvalue weighted by Gasteiger charge is -2.24. The van der Waals surface area contributed by atoms with E-state index in [2.05, 4.69) is 5.32 Å². The van der Waals surface area contributed by atoms with Crippen LogP contribution in [0.1, 0.15) is 18.0 Å². The molecule has 19 heavy (non-hydrogen) atoms. The number of aromatic nitrogens is 1. The Morgan fingerprint density at radius 1 is 1.37 bits per heavy atom. The number of likely N-dealkylation sites (N-methyl/N-ethyl adjacent to an activating group) is 1. The third-order valence-corrected chi connectivity index (χ3v) is 5.81. The number of hydrogen-bond acceptors (Lipinski definition) is 3. The lowest BCUT2D eigenvalue weighted by atomic mass is 10.0. The fraction of sp³-hybridized carbons (Fsp3) is 0.429. The van der Waals surface area contributed by atoms with Gasteiger partial charge < -0.3 is 9.88 Å². The van der Waals surface area contributed by atoms with Crippen molar-refractivity contribution in [3.05, 3.63) is 30.0 Å². The van der Waals surface area contributed by atoms with E-state index in [1.165, 1.54) is 0 Å². The molecule has 0 saturated carbocycles. The monoisotopic (exact) mass is 278 g/mol. The van der Waals surface area contributed by atoms with Gasteiger partial charge in [0.1, 0.15) is 0 Å². The van der Waals surface area contributed by atoms with Gasteiger partial charge in [-0.25, -0.2) is 8.42 Å². The number of aryl methyl sites for hydroxylation is 1. The van der Waals surface area contributed by atoms with Crippen molar-refractivity contribution in [2.45, 2.75) is 17.2 Å². The topological polar surface area (TPSA) is 51.1 Å². The summed E-state index contributed by atoms with van der Waals surface area (Å²) in [5.74, 6) is 0.515. The number of sulfone groups is 1. The second-order valence-electron chi connectivity index (χ2n) is 5.15. The molecule has 5 heteroatoms. The minimum Gasteiger partial charge on any atom is -0.346 e. The van der Waals surface area contributed by atoms with Crippen LogP contribution in [-0.2, 0) is 16.9 Å². The summed E-state index contributed by atoms with van der Waals surface area (Å²) in [6.07, 6.45) is 0.695. The Bertz CT molecular complexity index is 731. The molecule has 2 heterocycles. The maximum atomic E-state index is 12.4. The summed E-state index contributed by atoms with van der Waals surface area (Å²) >= 11 is 0. The lowest BCUT2D eigenvalue weighted by molar-refractivity contribution is 0.533. The van der Waals surface area contributed by atoms with E-state index in [9.17, 15) is 8.42 Å². The van der Waals surface area contributed by atoms with E-state index in [1.54, 1.807) is 0 Å². The van der Waals surface area contributed by atoms with Gasteiger partial charge in [0.25, 0.3) is 0 Å². The first-order valence-electron chi connectivity index (χ1n) is 6.51. The average molecular weight is 278 g/mol. The fourth-order valence-corrected chi connectivity index (χ4v) is 5.07. The van der Waals surface area contributed by atoms with Crippen molar-refractivity contribution in [2.24, 2.45) is 7.05 Å². The van der Waals surface area contributed by atoms with Gasteiger partial charge in [0.05, 0.1) is 10.6 Å². The van der Waals surface area contributed by atoms with Gasteiger partial charge in [-0.05, 0) is 19.5 Å². The van der Waals surface area contributed by atoms with Gasteiger partial charge in [0, 0.05) is 36.1 Å². The molecular formula is C14H18N2O2S. The van der Waals surface area contributed by atoms with Crippen molar-refractivity contribution >= 4 is 20.7 Å². The Morgan fingerprint density at radius 2 is 2.11 bits per heavy atom. The van der Waals surface area contributed by atoms with E-state index in [4.69, 9.17) is 0 Å². The first-order valence-corrected chi connectivity index (χ1v) is 8.16. The zero-order valence-electron chi connectivity index (χ0n) is 11.2. The quantitative estimate of drug-likeness (QED) is 0.909. The summed E-state index contributed by atoms with van der Waals surface area (Å²) in [7, 11) is 0.723. The molecule has 0 saturated heterocycles. The Balaban J connectivity index is 2.38. The summed E-state index contributed by atoms with van der Waals surface area (Å²) in [5.41, 5.74) is 1.96. The summed E-state index contributed by atoms with van der Waals surface area (Å²) < 4.78 is 26.9. The fourth-order valence-electron chi connectivity index (χ4n) is 3.15. The highest BCUT2D eigenvalue weighted by molar-refractivity contribution is 7.91. The zero-order valence-corrected chi connectivity index (χ0v) is 12.0. The van der Waals surface area contributed by atoms with Crippen LogP contribution in [0.2, 0.25) is 0 Å². The normalized spacial score (nSPS) is 21.5. The van der Waals surface area contributed by atoms with Crippen LogP contribution >= 0.6 is 0 Å². The average Bonchev–Trinajstić information content (AvgIpc) is 2.69. The maximum absolute atomic E-state index is 12.4. The molecule has 4 nitrogen and oxygen atoms in total. The first-order chi connectivity index (χ1) is 9.06. The van der Waals surface area contributed by atoms with Gasteiger partial charge in [-0.3, -0.25) is 0 Å². The number of benzene rings is 1. The molecule has 1 unspecified atom stereocenters. The highest BCUT2D eigenvalue weighted by atomic mass is 32.2. The van der Waals surface area contributed by atoms with Gasteiger partial charge in [-0.1, -0.05) is 18.2 Å². The van der Waals surface area contributed by atoms with Gasteiger partial charge in [-0.2, -0.15) is 0 Å². The van der Waals surface area contributed by atoms with Gasteiger partial charge in [-0.15, -0.1) is 0 Å². The van der Waals surface area contributed by atoms with Crippen LogP contribution in [0.4, 0.5) is 0 Å². The zero-order chi connectivity index (χ0) is 13.6. The largest absolute Gasteiger partial charge is 0.346 e. The third kappa shape index (κ3) is 1.80. The Morgan fingerprint density at radius 3 is 2.84 bits per heavy atom. The highest BCUT2D eigenvalue weighted by Crippen LogP contribution is 2.39. The maximum Gasteiger partial charge on any atom is 0.180 e. The standard InChI is InChI=1S/C14H18N2O2S/c1-15-9-10-7-8-19(17,18)14-11-5-3-4-6-12(11)16(2)13(10)14/h3-6,10,15H,7-9H2,1-2H3. The molecule has 102 valence electrons. The number of para-hydroxylation sites is 1. The van der Waals surface area contributed by atoms with Crippen molar-refractivity contribution in [1.29, 1.82) is 0 Å². The Labute approximate surface area is 113 Å². The molecule has 1 N–H and O–H groups in total. The van der Waals surface area contributed by atoms with E-state index in [0.29, 0.717) is 11.3 Å². The molecule has 1 aromatic heterocycles. The van der Waals surface area contributed by atoms with Crippen LogP contribution in [0.5, 0.6) is 0 Å². The second-order valence-corrected chi connectivity index (χ2v) is 7.20. The van der Waals surface area contributed by atoms with E-state index in [1.807, 2.05) is 42.9 Å². The van der Waals surface area contributed by atoms with E-state index >= 15 is 0 Å². The number of nitrogens with one attached hydrogen (secondary N) is 1. The molecule has 0 fully saturated rings. The third-order valence-electron chi connectivity index (χ3n) is 3.99. The molecule has 0 aliphatic carbocycles.